The maximum absolute atomic E-state index is 5.87. The Balaban J connectivity index is 1.82. The number of benzene rings is 1. The minimum atomic E-state index is 0.880. The summed E-state index contributed by atoms with van der Waals surface area (Å²) in [4.78, 5) is 0. The minimum absolute atomic E-state index is 0.880. The van der Waals surface area contributed by atoms with Crippen LogP contribution in [0.15, 0.2) is 18.2 Å². The number of anilines is 2. The highest BCUT2D eigenvalue weighted by atomic mass is 14.9. The molecule has 0 atom stereocenters. The van der Waals surface area contributed by atoms with Gasteiger partial charge in [-0.2, -0.15) is 0 Å². The molecule has 1 aliphatic carbocycles. The first-order chi connectivity index (χ1) is 7.77. The smallest absolute Gasteiger partial charge is 0.0390 e. The molecule has 0 aliphatic heterocycles. The summed E-state index contributed by atoms with van der Waals surface area (Å²) in [6.07, 6.45) is 7.02. The third-order valence-electron chi connectivity index (χ3n) is 3.72. The van der Waals surface area contributed by atoms with Gasteiger partial charge in [-0.1, -0.05) is 31.7 Å². The van der Waals surface area contributed by atoms with E-state index in [1.54, 1.807) is 0 Å². The van der Waals surface area contributed by atoms with Gasteiger partial charge in [0.15, 0.2) is 0 Å². The first-order valence-corrected chi connectivity index (χ1v) is 6.36. The second-order valence-corrected chi connectivity index (χ2v) is 4.89. The van der Waals surface area contributed by atoms with E-state index in [2.05, 4.69) is 18.3 Å². The summed E-state index contributed by atoms with van der Waals surface area (Å²) in [5.41, 5.74) is 9.12. The van der Waals surface area contributed by atoms with Gasteiger partial charge in [-0.25, -0.2) is 0 Å². The zero-order chi connectivity index (χ0) is 11.4. The molecule has 0 spiro atoms. The molecule has 1 saturated carbocycles. The predicted molar refractivity (Wildman–Crippen MR) is 70.7 cm³/mol. The fourth-order valence-electron chi connectivity index (χ4n) is 2.56. The zero-order valence-corrected chi connectivity index (χ0v) is 10.1. The Labute approximate surface area is 98.2 Å². The van der Waals surface area contributed by atoms with Crippen molar-refractivity contribution in [1.82, 2.24) is 0 Å². The molecule has 0 amide bonds. The number of rotatable bonds is 4. The van der Waals surface area contributed by atoms with E-state index in [0.29, 0.717) is 0 Å². The van der Waals surface area contributed by atoms with Crippen molar-refractivity contribution >= 4 is 11.4 Å². The SMILES string of the molecule is Cc1c(N)cccc1NCCC1CCCC1. The van der Waals surface area contributed by atoms with Gasteiger partial charge in [0.2, 0.25) is 0 Å². The molecule has 0 bridgehead atoms. The molecule has 1 aromatic carbocycles. The van der Waals surface area contributed by atoms with Crippen molar-refractivity contribution in [2.75, 3.05) is 17.6 Å². The lowest BCUT2D eigenvalue weighted by atomic mass is 10.0. The van der Waals surface area contributed by atoms with Crippen LogP contribution in [-0.2, 0) is 0 Å². The van der Waals surface area contributed by atoms with E-state index in [-0.39, 0.29) is 0 Å². The van der Waals surface area contributed by atoms with Crippen LogP contribution >= 0.6 is 0 Å². The quantitative estimate of drug-likeness (QED) is 0.758. The Morgan fingerprint density at radius 3 is 2.81 bits per heavy atom. The number of hydrogen-bond donors (Lipinski definition) is 2. The Hall–Kier alpha value is -1.18. The average molecular weight is 218 g/mol. The topological polar surface area (TPSA) is 38.0 Å². The Bertz CT molecular complexity index is 341. The Morgan fingerprint density at radius 2 is 2.06 bits per heavy atom. The lowest BCUT2D eigenvalue weighted by molar-refractivity contribution is 0.518. The molecule has 0 aromatic heterocycles. The first kappa shape index (κ1) is 11.3. The number of nitrogen functional groups attached to an aromatic ring is 1. The third-order valence-corrected chi connectivity index (χ3v) is 3.72. The van der Waals surface area contributed by atoms with Crippen molar-refractivity contribution in [3.63, 3.8) is 0 Å². The standard InChI is InChI=1S/C14H22N2/c1-11-13(15)7-4-8-14(11)16-10-9-12-5-2-3-6-12/h4,7-8,12,16H,2-3,5-6,9-10,15H2,1H3. The fraction of sp³-hybridized carbons (Fsp3) is 0.571. The van der Waals surface area contributed by atoms with Crippen LogP contribution in [-0.4, -0.2) is 6.54 Å². The normalized spacial score (nSPS) is 16.6. The maximum atomic E-state index is 5.87. The monoisotopic (exact) mass is 218 g/mol. The summed E-state index contributed by atoms with van der Waals surface area (Å²) in [6.45, 7) is 3.15. The molecule has 2 heteroatoms. The van der Waals surface area contributed by atoms with Crippen molar-refractivity contribution in [3.8, 4) is 0 Å². The zero-order valence-electron chi connectivity index (χ0n) is 10.1. The van der Waals surface area contributed by atoms with E-state index in [1.165, 1.54) is 43.4 Å². The molecule has 0 unspecified atom stereocenters. The van der Waals surface area contributed by atoms with Gasteiger partial charge in [-0.15, -0.1) is 0 Å². The largest absolute Gasteiger partial charge is 0.398 e. The number of hydrogen-bond acceptors (Lipinski definition) is 2. The van der Waals surface area contributed by atoms with Gasteiger partial charge in [0.1, 0.15) is 0 Å². The van der Waals surface area contributed by atoms with Gasteiger partial charge in [0.05, 0.1) is 0 Å². The van der Waals surface area contributed by atoms with Crippen molar-refractivity contribution in [1.29, 1.82) is 0 Å². The van der Waals surface area contributed by atoms with E-state index >= 15 is 0 Å². The summed E-state index contributed by atoms with van der Waals surface area (Å²) in [5, 5.41) is 3.50. The predicted octanol–water partition coefficient (Wildman–Crippen LogP) is 3.57. The van der Waals surface area contributed by atoms with Gasteiger partial charge in [0, 0.05) is 17.9 Å². The lowest BCUT2D eigenvalue weighted by Crippen LogP contribution is -2.08. The van der Waals surface area contributed by atoms with Gasteiger partial charge in [-0.05, 0) is 37.0 Å². The van der Waals surface area contributed by atoms with Crippen molar-refractivity contribution in [2.45, 2.75) is 39.0 Å². The summed E-state index contributed by atoms with van der Waals surface area (Å²) < 4.78 is 0. The van der Waals surface area contributed by atoms with E-state index in [9.17, 15) is 0 Å². The van der Waals surface area contributed by atoms with E-state index in [4.69, 9.17) is 5.73 Å². The molecular weight excluding hydrogens is 196 g/mol. The average Bonchev–Trinajstić information content (AvgIpc) is 2.77. The molecule has 2 nitrogen and oxygen atoms in total. The van der Waals surface area contributed by atoms with Gasteiger partial charge < -0.3 is 11.1 Å². The van der Waals surface area contributed by atoms with Gasteiger partial charge in [-0.3, -0.25) is 0 Å². The van der Waals surface area contributed by atoms with E-state index < -0.39 is 0 Å². The Kier molecular flexibility index (Phi) is 3.70. The molecule has 1 aliphatic rings. The highest BCUT2D eigenvalue weighted by Crippen LogP contribution is 2.28. The highest BCUT2D eigenvalue weighted by Gasteiger charge is 2.14. The molecular formula is C14H22N2. The van der Waals surface area contributed by atoms with Crippen LogP contribution in [0.4, 0.5) is 11.4 Å². The summed E-state index contributed by atoms with van der Waals surface area (Å²) in [5.74, 6) is 0.953. The molecule has 1 fully saturated rings. The van der Waals surface area contributed by atoms with Crippen LogP contribution in [0.5, 0.6) is 0 Å². The molecule has 3 N–H and O–H groups in total. The first-order valence-electron chi connectivity index (χ1n) is 6.36. The molecule has 0 radical (unpaired) electrons. The van der Waals surface area contributed by atoms with Gasteiger partial charge in [0.25, 0.3) is 0 Å². The molecule has 16 heavy (non-hydrogen) atoms. The summed E-state index contributed by atoms with van der Waals surface area (Å²) in [6, 6.07) is 6.08. The highest BCUT2D eigenvalue weighted by molar-refractivity contribution is 5.62. The van der Waals surface area contributed by atoms with E-state index in [0.717, 1.165) is 18.2 Å². The summed E-state index contributed by atoms with van der Waals surface area (Å²) in [7, 11) is 0. The molecule has 0 heterocycles. The second kappa shape index (κ2) is 5.24. The minimum Gasteiger partial charge on any atom is -0.398 e. The van der Waals surface area contributed by atoms with Crippen LogP contribution in [0.2, 0.25) is 0 Å². The second-order valence-electron chi connectivity index (χ2n) is 4.89. The van der Waals surface area contributed by atoms with Crippen molar-refractivity contribution in [3.05, 3.63) is 23.8 Å². The van der Waals surface area contributed by atoms with Gasteiger partial charge >= 0.3 is 0 Å². The lowest BCUT2D eigenvalue weighted by Gasteiger charge is -2.13. The fourth-order valence-corrected chi connectivity index (χ4v) is 2.56. The van der Waals surface area contributed by atoms with Crippen LogP contribution in [0.1, 0.15) is 37.7 Å². The summed E-state index contributed by atoms with van der Waals surface area (Å²) >= 11 is 0. The van der Waals surface area contributed by atoms with Crippen LogP contribution in [0.3, 0.4) is 0 Å². The van der Waals surface area contributed by atoms with E-state index in [1.807, 2.05) is 12.1 Å². The van der Waals surface area contributed by atoms with Crippen molar-refractivity contribution in [2.24, 2.45) is 5.92 Å². The van der Waals surface area contributed by atoms with Crippen LogP contribution in [0.25, 0.3) is 0 Å². The molecule has 0 saturated heterocycles. The van der Waals surface area contributed by atoms with Crippen molar-refractivity contribution < 1.29 is 0 Å². The Morgan fingerprint density at radius 1 is 1.31 bits per heavy atom. The van der Waals surface area contributed by atoms with Crippen LogP contribution < -0.4 is 11.1 Å². The molecule has 2 rings (SSSR count). The molecule has 1 aromatic rings. The van der Waals surface area contributed by atoms with Crippen LogP contribution in [0, 0.1) is 12.8 Å². The number of nitrogens with one attached hydrogen (secondary N) is 1. The maximum Gasteiger partial charge on any atom is 0.0390 e. The molecule has 88 valence electrons. The number of nitrogens with two attached hydrogens (primary N) is 1. The third kappa shape index (κ3) is 2.69.